The fourth-order valence-electron chi connectivity index (χ4n) is 1.40. The molecule has 1 aromatic rings. The molecule has 94 valence electrons. The highest BCUT2D eigenvalue weighted by molar-refractivity contribution is 6.76. The zero-order valence-electron chi connectivity index (χ0n) is 11.0. The first-order valence-corrected chi connectivity index (χ1v) is 9.53. The van der Waals surface area contributed by atoms with Crippen LogP contribution in [0, 0.1) is 6.92 Å². The van der Waals surface area contributed by atoms with E-state index >= 15 is 0 Å². The number of rotatable bonds is 4. The van der Waals surface area contributed by atoms with E-state index in [0.717, 1.165) is 11.6 Å². The largest absolute Gasteiger partial charge is 0.462 e. The first kappa shape index (κ1) is 13.8. The van der Waals surface area contributed by atoms with E-state index in [4.69, 9.17) is 10.5 Å². The van der Waals surface area contributed by atoms with Gasteiger partial charge in [0.05, 0.1) is 12.2 Å². The van der Waals surface area contributed by atoms with Crippen LogP contribution in [0.15, 0.2) is 18.2 Å². The Morgan fingerprint density at radius 2 is 2.00 bits per heavy atom. The molecule has 4 heteroatoms. The molecule has 0 aromatic heterocycles. The van der Waals surface area contributed by atoms with Crippen molar-refractivity contribution in [2.24, 2.45) is 0 Å². The van der Waals surface area contributed by atoms with Gasteiger partial charge in [0.25, 0.3) is 0 Å². The Bertz CT molecular complexity index is 410. The van der Waals surface area contributed by atoms with Gasteiger partial charge in [0.15, 0.2) is 0 Å². The average molecular weight is 251 g/mol. The van der Waals surface area contributed by atoms with E-state index in [9.17, 15) is 4.79 Å². The third-order valence-corrected chi connectivity index (χ3v) is 4.22. The number of esters is 1. The summed E-state index contributed by atoms with van der Waals surface area (Å²) in [4.78, 5) is 11.8. The zero-order valence-corrected chi connectivity index (χ0v) is 12.0. The molecule has 0 spiro atoms. The Balaban J connectivity index is 2.59. The second kappa shape index (κ2) is 5.36. The molecule has 2 N–H and O–H groups in total. The van der Waals surface area contributed by atoms with Gasteiger partial charge in [-0.3, -0.25) is 0 Å². The SMILES string of the molecule is Cc1ccc(C(=O)OCC[Si](C)(C)C)c(N)c1. The summed E-state index contributed by atoms with van der Waals surface area (Å²) in [5.41, 5.74) is 7.78. The molecule has 0 saturated carbocycles. The molecule has 0 aliphatic heterocycles. The molecule has 1 rings (SSSR count). The predicted octanol–water partition coefficient (Wildman–Crippen LogP) is 3.07. The fraction of sp³-hybridized carbons (Fsp3) is 0.462. The van der Waals surface area contributed by atoms with Gasteiger partial charge in [0, 0.05) is 13.8 Å². The molecule has 17 heavy (non-hydrogen) atoms. The lowest BCUT2D eigenvalue weighted by Crippen LogP contribution is -2.22. The Morgan fingerprint density at radius 3 is 2.53 bits per heavy atom. The summed E-state index contributed by atoms with van der Waals surface area (Å²) in [5, 5.41) is 0. The summed E-state index contributed by atoms with van der Waals surface area (Å²) in [5.74, 6) is -0.319. The molecule has 0 aliphatic rings. The number of nitrogens with two attached hydrogens (primary N) is 1. The van der Waals surface area contributed by atoms with Gasteiger partial charge in [-0.05, 0) is 30.7 Å². The number of benzene rings is 1. The lowest BCUT2D eigenvalue weighted by Gasteiger charge is -2.15. The quantitative estimate of drug-likeness (QED) is 0.508. The summed E-state index contributed by atoms with van der Waals surface area (Å²) < 4.78 is 5.24. The predicted molar refractivity (Wildman–Crippen MR) is 74.0 cm³/mol. The Kier molecular flexibility index (Phi) is 4.34. The van der Waals surface area contributed by atoms with Crippen molar-refractivity contribution < 1.29 is 9.53 Å². The van der Waals surface area contributed by atoms with Crippen LogP contribution in [0.4, 0.5) is 5.69 Å². The van der Waals surface area contributed by atoms with Crippen LogP contribution in [0.1, 0.15) is 15.9 Å². The smallest absolute Gasteiger partial charge is 0.340 e. The molecule has 0 fully saturated rings. The first-order chi connectivity index (χ1) is 7.79. The van der Waals surface area contributed by atoms with Crippen LogP contribution in [0.3, 0.4) is 0 Å². The lowest BCUT2D eigenvalue weighted by atomic mass is 10.1. The molecule has 0 amide bonds. The molecule has 0 saturated heterocycles. The molecule has 0 bridgehead atoms. The van der Waals surface area contributed by atoms with Crippen molar-refractivity contribution in [2.45, 2.75) is 32.6 Å². The number of anilines is 1. The van der Waals surface area contributed by atoms with Crippen LogP contribution in [0.25, 0.3) is 0 Å². The highest BCUT2D eigenvalue weighted by Crippen LogP contribution is 2.16. The lowest BCUT2D eigenvalue weighted by molar-refractivity contribution is 0.0526. The van der Waals surface area contributed by atoms with Gasteiger partial charge < -0.3 is 10.5 Å². The summed E-state index contributed by atoms with van der Waals surface area (Å²) in [6, 6.07) is 6.35. The molecule has 0 unspecified atom stereocenters. The second-order valence-corrected chi connectivity index (χ2v) is 11.2. The van der Waals surface area contributed by atoms with E-state index < -0.39 is 8.07 Å². The van der Waals surface area contributed by atoms with Gasteiger partial charge in [-0.15, -0.1) is 0 Å². The molecular formula is C13H21NO2Si. The van der Waals surface area contributed by atoms with Crippen LogP contribution < -0.4 is 5.73 Å². The van der Waals surface area contributed by atoms with Gasteiger partial charge in [-0.1, -0.05) is 25.7 Å². The van der Waals surface area contributed by atoms with Gasteiger partial charge in [0.1, 0.15) is 0 Å². The van der Waals surface area contributed by atoms with Crippen LogP contribution >= 0.6 is 0 Å². The number of ether oxygens (including phenoxy) is 1. The Labute approximate surface area is 104 Å². The summed E-state index contributed by atoms with van der Waals surface area (Å²) in [7, 11) is -1.16. The molecule has 3 nitrogen and oxygen atoms in total. The van der Waals surface area contributed by atoms with E-state index in [1.165, 1.54) is 0 Å². The average Bonchev–Trinajstić information content (AvgIpc) is 2.15. The van der Waals surface area contributed by atoms with Gasteiger partial charge in [-0.25, -0.2) is 4.79 Å². The number of carbonyl (C=O) groups excluding carboxylic acids is 1. The Morgan fingerprint density at radius 1 is 1.35 bits per heavy atom. The number of aryl methyl sites for hydroxylation is 1. The maximum atomic E-state index is 11.8. The van der Waals surface area contributed by atoms with Crippen molar-refractivity contribution in [3.8, 4) is 0 Å². The van der Waals surface area contributed by atoms with E-state index in [1.54, 1.807) is 12.1 Å². The number of hydrogen-bond donors (Lipinski definition) is 1. The van der Waals surface area contributed by atoms with Crippen molar-refractivity contribution in [1.82, 2.24) is 0 Å². The highest BCUT2D eigenvalue weighted by atomic mass is 28.3. The molecular weight excluding hydrogens is 230 g/mol. The van der Waals surface area contributed by atoms with Crippen molar-refractivity contribution in [3.05, 3.63) is 29.3 Å². The summed E-state index contributed by atoms with van der Waals surface area (Å²) >= 11 is 0. The van der Waals surface area contributed by atoms with Crippen LogP contribution in [-0.2, 0) is 4.74 Å². The van der Waals surface area contributed by atoms with Crippen molar-refractivity contribution in [1.29, 1.82) is 0 Å². The highest BCUT2D eigenvalue weighted by Gasteiger charge is 2.15. The van der Waals surface area contributed by atoms with Crippen LogP contribution in [-0.4, -0.2) is 20.7 Å². The van der Waals surface area contributed by atoms with Crippen molar-refractivity contribution >= 4 is 19.7 Å². The Hall–Kier alpha value is -1.29. The molecule has 1 aromatic carbocycles. The maximum Gasteiger partial charge on any atom is 0.340 e. The fourth-order valence-corrected chi connectivity index (χ4v) is 2.11. The van der Waals surface area contributed by atoms with Gasteiger partial charge >= 0.3 is 5.97 Å². The van der Waals surface area contributed by atoms with Crippen molar-refractivity contribution in [3.63, 3.8) is 0 Å². The van der Waals surface area contributed by atoms with E-state index in [1.807, 2.05) is 13.0 Å². The molecule has 0 atom stereocenters. The summed E-state index contributed by atoms with van der Waals surface area (Å²) in [6.45, 7) is 9.18. The van der Waals surface area contributed by atoms with Gasteiger partial charge in [0.2, 0.25) is 0 Å². The molecule has 0 aliphatic carbocycles. The maximum absolute atomic E-state index is 11.8. The van der Waals surface area contributed by atoms with E-state index in [0.29, 0.717) is 17.9 Å². The van der Waals surface area contributed by atoms with Gasteiger partial charge in [-0.2, -0.15) is 0 Å². The number of hydrogen-bond acceptors (Lipinski definition) is 3. The third kappa shape index (κ3) is 4.61. The number of carbonyl (C=O) groups is 1. The van der Waals surface area contributed by atoms with E-state index in [-0.39, 0.29) is 5.97 Å². The zero-order chi connectivity index (χ0) is 13.1. The minimum atomic E-state index is -1.16. The normalized spacial score (nSPS) is 11.3. The molecule has 0 radical (unpaired) electrons. The topological polar surface area (TPSA) is 52.3 Å². The molecule has 0 heterocycles. The summed E-state index contributed by atoms with van der Waals surface area (Å²) in [6.07, 6.45) is 0. The third-order valence-electron chi connectivity index (χ3n) is 2.51. The van der Waals surface area contributed by atoms with E-state index in [2.05, 4.69) is 19.6 Å². The minimum Gasteiger partial charge on any atom is -0.462 e. The standard InChI is InChI=1S/C13H21NO2Si/c1-10-5-6-11(12(14)9-10)13(15)16-7-8-17(2,3)4/h5-6,9H,7-8,14H2,1-4H3. The van der Waals surface area contributed by atoms with Crippen LogP contribution in [0.2, 0.25) is 25.7 Å². The second-order valence-electron chi connectivity index (χ2n) is 5.54. The van der Waals surface area contributed by atoms with Crippen LogP contribution in [0.5, 0.6) is 0 Å². The first-order valence-electron chi connectivity index (χ1n) is 5.83. The van der Waals surface area contributed by atoms with Crippen molar-refractivity contribution in [2.75, 3.05) is 12.3 Å². The minimum absolute atomic E-state index is 0.319. The number of nitrogen functional groups attached to an aromatic ring is 1. The monoisotopic (exact) mass is 251 g/mol.